The predicted octanol–water partition coefficient (Wildman–Crippen LogP) is 3.96. The average Bonchev–Trinajstić information content (AvgIpc) is 2.45. The molecule has 116 valence electrons. The molecule has 5 heteroatoms. The van der Waals surface area contributed by atoms with Crippen molar-refractivity contribution >= 4 is 17.9 Å². The minimum Gasteiger partial charge on any atom is -0.444 e. The van der Waals surface area contributed by atoms with Gasteiger partial charge in [-0.15, -0.1) is 11.8 Å². The molecule has 0 N–H and O–H groups in total. The van der Waals surface area contributed by atoms with Crippen molar-refractivity contribution in [3.63, 3.8) is 0 Å². The van der Waals surface area contributed by atoms with Crippen molar-refractivity contribution in [2.45, 2.75) is 56.6 Å². The third-order valence-corrected chi connectivity index (χ3v) is 4.50. The van der Waals surface area contributed by atoms with E-state index in [-0.39, 0.29) is 12.1 Å². The number of likely N-dealkylation sites (tertiary alicyclic amines) is 1. The Morgan fingerprint density at radius 2 is 2.10 bits per heavy atom. The predicted molar refractivity (Wildman–Crippen MR) is 85.5 cm³/mol. The van der Waals surface area contributed by atoms with Gasteiger partial charge in [-0.2, -0.15) is 0 Å². The molecule has 4 nitrogen and oxygen atoms in total. The van der Waals surface area contributed by atoms with E-state index in [0.717, 1.165) is 25.1 Å². The quantitative estimate of drug-likeness (QED) is 0.793. The molecular formula is C16H24N2O2S. The zero-order valence-electron chi connectivity index (χ0n) is 13.0. The van der Waals surface area contributed by atoms with Crippen molar-refractivity contribution in [1.29, 1.82) is 0 Å². The van der Waals surface area contributed by atoms with Crippen molar-refractivity contribution in [3.05, 3.63) is 24.5 Å². The number of carbonyl (C=O) groups excluding carboxylic acids is 1. The fourth-order valence-electron chi connectivity index (χ4n) is 2.36. The monoisotopic (exact) mass is 308 g/mol. The minimum atomic E-state index is -0.433. The molecule has 1 aromatic rings. The van der Waals surface area contributed by atoms with Crippen LogP contribution in [0.2, 0.25) is 0 Å². The molecule has 2 rings (SSSR count). The highest BCUT2D eigenvalue weighted by Gasteiger charge is 2.30. The Balaban J connectivity index is 1.94. The van der Waals surface area contributed by atoms with E-state index in [1.807, 2.05) is 37.8 Å². The topological polar surface area (TPSA) is 42.4 Å². The highest BCUT2D eigenvalue weighted by atomic mass is 32.2. The number of ether oxygens (including phenoxy) is 1. The van der Waals surface area contributed by atoms with E-state index in [0.29, 0.717) is 0 Å². The van der Waals surface area contributed by atoms with E-state index >= 15 is 0 Å². The summed E-state index contributed by atoms with van der Waals surface area (Å²) in [4.78, 5) is 19.4. The number of thioether (sulfide) groups is 1. The molecule has 2 heterocycles. The van der Waals surface area contributed by atoms with Crippen LogP contribution in [0, 0.1) is 0 Å². The van der Waals surface area contributed by atoms with Gasteiger partial charge in [0.05, 0.1) is 0 Å². The van der Waals surface area contributed by atoms with Crippen molar-refractivity contribution in [1.82, 2.24) is 9.88 Å². The second kappa shape index (κ2) is 7.16. The third-order valence-electron chi connectivity index (χ3n) is 3.35. The van der Waals surface area contributed by atoms with Gasteiger partial charge < -0.3 is 9.64 Å². The fraction of sp³-hybridized carbons (Fsp3) is 0.625. The van der Waals surface area contributed by atoms with Gasteiger partial charge in [-0.25, -0.2) is 4.79 Å². The van der Waals surface area contributed by atoms with Gasteiger partial charge in [-0.05, 0) is 52.2 Å². The Hall–Kier alpha value is -1.23. The third kappa shape index (κ3) is 5.23. The van der Waals surface area contributed by atoms with E-state index in [4.69, 9.17) is 4.74 Å². The van der Waals surface area contributed by atoms with Gasteiger partial charge in [0.15, 0.2) is 0 Å². The molecule has 1 atom stereocenters. The number of hydrogen-bond donors (Lipinski definition) is 0. The van der Waals surface area contributed by atoms with Gasteiger partial charge in [0.1, 0.15) is 5.60 Å². The van der Waals surface area contributed by atoms with Crippen LogP contribution < -0.4 is 0 Å². The summed E-state index contributed by atoms with van der Waals surface area (Å²) in [5, 5.41) is 0. The van der Waals surface area contributed by atoms with E-state index in [9.17, 15) is 4.79 Å². The smallest absolute Gasteiger partial charge is 0.410 e. The summed E-state index contributed by atoms with van der Waals surface area (Å²) in [6, 6.07) is 4.27. The summed E-state index contributed by atoms with van der Waals surface area (Å²) >= 11 is 1.78. The maximum atomic E-state index is 12.3. The number of rotatable bonds is 3. The van der Waals surface area contributed by atoms with E-state index in [2.05, 4.69) is 4.98 Å². The zero-order chi connectivity index (χ0) is 15.3. The molecule has 1 aliphatic rings. The highest BCUT2D eigenvalue weighted by molar-refractivity contribution is 7.99. The molecular weight excluding hydrogens is 284 g/mol. The molecule has 1 saturated heterocycles. The Labute approximate surface area is 131 Å². The molecule has 0 spiro atoms. The van der Waals surface area contributed by atoms with Gasteiger partial charge in [0.25, 0.3) is 0 Å². The van der Waals surface area contributed by atoms with Crippen molar-refractivity contribution in [2.75, 3.05) is 12.3 Å². The lowest BCUT2D eigenvalue weighted by Gasteiger charge is -2.36. The van der Waals surface area contributed by atoms with Crippen molar-refractivity contribution in [2.24, 2.45) is 0 Å². The van der Waals surface area contributed by atoms with E-state index in [1.54, 1.807) is 24.2 Å². The number of nitrogens with zero attached hydrogens (tertiary/aromatic N) is 2. The largest absolute Gasteiger partial charge is 0.444 e. The van der Waals surface area contributed by atoms with Crippen LogP contribution >= 0.6 is 11.8 Å². The standard InChI is InChI=1S/C16H24N2O2S/c1-16(2,3)20-15(19)18-11-5-4-6-13(18)12-21-14-7-9-17-10-8-14/h7-10,13H,4-6,11-12H2,1-3H3/t13-/m1/s1. The second-order valence-corrected chi connectivity index (χ2v) is 7.41. The Morgan fingerprint density at radius 1 is 1.38 bits per heavy atom. The summed E-state index contributed by atoms with van der Waals surface area (Å²) in [6.45, 7) is 6.54. The summed E-state index contributed by atoms with van der Waals surface area (Å²) in [7, 11) is 0. The Kier molecular flexibility index (Phi) is 5.51. The first-order valence-corrected chi connectivity index (χ1v) is 8.47. The van der Waals surface area contributed by atoms with Gasteiger partial charge in [-0.1, -0.05) is 0 Å². The average molecular weight is 308 g/mol. The molecule has 1 aliphatic heterocycles. The molecule has 0 bridgehead atoms. The summed E-state index contributed by atoms with van der Waals surface area (Å²) in [5.74, 6) is 0.906. The maximum absolute atomic E-state index is 12.3. The lowest BCUT2D eigenvalue weighted by atomic mass is 10.0. The molecule has 0 saturated carbocycles. The van der Waals surface area contributed by atoms with Gasteiger partial charge >= 0.3 is 6.09 Å². The van der Waals surface area contributed by atoms with Gasteiger partial charge in [0, 0.05) is 35.6 Å². The normalized spacial score (nSPS) is 19.4. The summed E-state index contributed by atoms with van der Waals surface area (Å²) < 4.78 is 5.53. The SMILES string of the molecule is CC(C)(C)OC(=O)N1CCCC[C@@H]1CSc1ccncc1. The second-order valence-electron chi connectivity index (χ2n) is 6.32. The van der Waals surface area contributed by atoms with Crippen LogP contribution in [0.15, 0.2) is 29.4 Å². The number of aromatic nitrogens is 1. The Bertz CT molecular complexity index is 459. The van der Waals surface area contributed by atoms with Gasteiger partial charge in [-0.3, -0.25) is 4.98 Å². The van der Waals surface area contributed by atoms with Crippen molar-refractivity contribution in [3.8, 4) is 0 Å². The molecule has 1 amide bonds. The summed E-state index contributed by atoms with van der Waals surface area (Å²) in [5.41, 5.74) is -0.433. The van der Waals surface area contributed by atoms with Crippen molar-refractivity contribution < 1.29 is 9.53 Å². The first-order valence-electron chi connectivity index (χ1n) is 7.48. The molecule has 21 heavy (non-hydrogen) atoms. The number of carbonyl (C=O) groups is 1. The lowest BCUT2D eigenvalue weighted by molar-refractivity contribution is 0.0126. The van der Waals surface area contributed by atoms with Crippen LogP contribution in [0.25, 0.3) is 0 Å². The first kappa shape index (κ1) is 16.1. The molecule has 0 unspecified atom stereocenters. The molecule has 0 radical (unpaired) electrons. The fourth-order valence-corrected chi connectivity index (χ4v) is 3.41. The number of piperidine rings is 1. The minimum absolute atomic E-state index is 0.178. The van der Waals surface area contributed by atoms with E-state index in [1.165, 1.54) is 11.3 Å². The molecule has 1 aromatic heterocycles. The van der Waals surface area contributed by atoms with Crippen LogP contribution in [-0.4, -0.2) is 39.9 Å². The molecule has 0 aromatic carbocycles. The van der Waals surface area contributed by atoms with Crippen LogP contribution in [0.1, 0.15) is 40.0 Å². The Morgan fingerprint density at radius 3 is 2.76 bits per heavy atom. The lowest BCUT2D eigenvalue weighted by Crippen LogP contribution is -2.47. The number of hydrogen-bond acceptors (Lipinski definition) is 4. The number of pyridine rings is 1. The maximum Gasteiger partial charge on any atom is 0.410 e. The molecule has 0 aliphatic carbocycles. The van der Waals surface area contributed by atoms with E-state index < -0.39 is 5.60 Å². The molecule has 1 fully saturated rings. The van der Waals surface area contributed by atoms with Crippen LogP contribution in [-0.2, 0) is 4.74 Å². The van der Waals surface area contributed by atoms with Crippen LogP contribution in [0.4, 0.5) is 4.79 Å². The first-order chi connectivity index (χ1) is 9.96. The number of amides is 1. The van der Waals surface area contributed by atoms with Gasteiger partial charge in [0.2, 0.25) is 0 Å². The zero-order valence-corrected chi connectivity index (χ0v) is 13.9. The van der Waals surface area contributed by atoms with Crippen LogP contribution in [0.5, 0.6) is 0 Å². The highest BCUT2D eigenvalue weighted by Crippen LogP contribution is 2.26. The van der Waals surface area contributed by atoms with Crippen LogP contribution in [0.3, 0.4) is 0 Å². The summed E-state index contributed by atoms with van der Waals surface area (Å²) in [6.07, 6.45) is 6.72.